The number of nitrogens with one attached hydrogen (secondary N) is 2. The summed E-state index contributed by atoms with van der Waals surface area (Å²) in [5.41, 5.74) is 2.30. The fourth-order valence-corrected chi connectivity index (χ4v) is 4.22. The van der Waals surface area contributed by atoms with Crippen LogP contribution in [0.5, 0.6) is 11.5 Å². The summed E-state index contributed by atoms with van der Waals surface area (Å²) in [5, 5.41) is 2.86. The van der Waals surface area contributed by atoms with Crippen molar-refractivity contribution in [3.05, 3.63) is 83.9 Å². The number of hydrogen-bond acceptors (Lipinski definition) is 5. The zero-order valence-corrected chi connectivity index (χ0v) is 19.0. The molecule has 8 heteroatoms. The van der Waals surface area contributed by atoms with Crippen molar-refractivity contribution in [1.29, 1.82) is 0 Å². The fraction of sp³-hybridized carbons (Fsp3) is 0.208. The minimum atomic E-state index is -3.73. The molecule has 32 heavy (non-hydrogen) atoms. The maximum atomic E-state index is 12.6. The van der Waals surface area contributed by atoms with Gasteiger partial charge in [-0.25, -0.2) is 8.42 Å². The maximum Gasteiger partial charge on any atom is 0.261 e. The van der Waals surface area contributed by atoms with Gasteiger partial charge in [-0.15, -0.1) is 0 Å². The molecule has 0 heterocycles. The quantitative estimate of drug-likeness (QED) is 0.509. The van der Waals surface area contributed by atoms with Crippen LogP contribution in [0.2, 0.25) is 0 Å². The maximum absolute atomic E-state index is 12.6. The van der Waals surface area contributed by atoms with E-state index in [1.54, 1.807) is 25.3 Å². The molecule has 0 aromatic heterocycles. The average Bonchev–Trinajstić information content (AvgIpc) is 2.77. The molecule has 168 valence electrons. The second-order valence-corrected chi connectivity index (χ2v) is 8.95. The summed E-state index contributed by atoms with van der Waals surface area (Å²) >= 11 is 0. The van der Waals surface area contributed by atoms with Crippen LogP contribution in [0.15, 0.2) is 77.7 Å². The summed E-state index contributed by atoms with van der Waals surface area (Å²) in [6, 6.07) is 20.2. The van der Waals surface area contributed by atoms with E-state index < -0.39 is 10.0 Å². The lowest BCUT2D eigenvalue weighted by molar-refractivity contribution is -0.123. The van der Waals surface area contributed by atoms with E-state index in [0.717, 1.165) is 11.1 Å². The first kappa shape index (κ1) is 23.1. The lowest BCUT2D eigenvalue weighted by atomic mass is 10.1. The number of aryl methyl sites for hydroxylation is 1. The molecule has 0 saturated carbocycles. The summed E-state index contributed by atoms with van der Waals surface area (Å²) in [5.74, 6) is 0.776. The van der Waals surface area contributed by atoms with Crippen LogP contribution in [0.25, 0.3) is 0 Å². The van der Waals surface area contributed by atoms with Crippen LogP contribution in [0, 0.1) is 6.92 Å². The number of anilines is 1. The minimum absolute atomic E-state index is 0.0978. The molecule has 0 fully saturated rings. The van der Waals surface area contributed by atoms with Crippen LogP contribution in [-0.4, -0.2) is 28.0 Å². The van der Waals surface area contributed by atoms with Crippen LogP contribution in [0.3, 0.4) is 0 Å². The molecule has 3 aromatic carbocycles. The molecular formula is C24H26N2O5S. The Hall–Kier alpha value is -3.52. The van der Waals surface area contributed by atoms with Crippen molar-refractivity contribution < 1.29 is 22.7 Å². The standard InChI is InChI=1S/C24H26N2O5S/c1-17-7-6-8-19(15-17)26-32(28,29)21-13-11-20(12-14-21)31-16-24(27)25-18(2)22-9-4-5-10-23(22)30-3/h4-15,18,26H,16H2,1-3H3,(H,25,27)/t18-/m1/s1. The van der Waals surface area contributed by atoms with Gasteiger partial charge in [0.15, 0.2) is 6.61 Å². The number of methoxy groups -OCH3 is 1. The molecular weight excluding hydrogens is 428 g/mol. The second kappa shape index (κ2) is 10.2. The zero-order chi connectivity index (χ0) is 23.1. The number of rotatable bonds is 9. The van der Waals surface area contributed by atoms with Crippen LogP contribution < -0.4 is 19.5 Å². The van der Waals surface area contributed by atoms with E-state index in [2.05, 4.69) is 10.0 Å². The molecule has 0 unspecified atom stereocenters. The molecule has 1 atom stereocenters. The van der Waals surface area contributed by atoms with E-state index in [1.165, 1.54) is 24.3 Å². The molecule has 0 saturated heterocycles. The molecule has 0 aliphatic rings. The SMILES string of the molecule is COc1ccccc1[C@@H](C)NC(=O)COc1ccc(S(=O)(=O)Nc2cccc(C)c2)cc1. The molecule has 0 aliphatic heterocycles. The molecule has 3 rings (SSSR count). The van der Waals surface area contributed by atoms with Crippen molar-refractivity contribution in [3.63, 3.8) is 0 Å². The van der Waals surface area contributed by atoms with E-state index in [4.69, 9.17) is 9.47 Å². The Morgan fingerprint density at radius 3 is 2.41 bits per heavy atom. The van der Waals surface area contributed by atoms with Gasteiger partial charge in [0.05, 0.1) is 18.0 Å². The van der Waals surface area contributed by atoms with Gasteiger partial charge in [0.25, 0.3) is 15.9 Å². The van der Waals surface area contributed by atoms with Crippen molar-refractivity contribution in [2.75, 3.05) is 18.4 Å². The Bertz CT molecular complexity index is 1180. The van der Waals surface area contributed by atoms with Crippen molar-refractivity contribution in [2.45, 2.75) is 24.8 Å². The van der Waals surface area contributed by atoms with E-state index in [-0.39, 0.29) is 23.5 Å². The van der Waals surface area contributed by atoms with Gasteiger partial charge in [-0.2, -0.15) is 0 Å². The third-order valence-corrected chi connectivity index (χ3v) is 6.15. The number of carbonyl (C=O) groups is 1. The largest absolute Gasteiger partial charge is 0.496 e. The first-order valence-corrected chi connectivity index (χ1v) is 11.5. The highest BCUT2D eigenvalue weighted by Crippen LogP contribution is 2.24. The monoisotopic (exact) mass is 454 g/mol. The second-order valence-electron chi connectivity index (χ2n) is 7.27. The molecule has 2 N–H and O–H groups in total. The van der Waals surface area contributed by atoms with Crippen molar-refractivity contribution in [2.24, 2.45) is 0 Å². The summed E-state index contributed by atoms with van der Waals surface area (Å²) < 4.78 is 38.5. The van der Waals surface area contributed by atoms with Gasteiger partial charge in [-0.05, 0) is 61.9 Å². The number of sulfonamides is 1. The summed E-state index contributed by atoms with van der Waals surface area (Å²) in [7, 11) is -2.15. The molecule has 0 spiro atoms. The lowest BCUT2D eigenvalue weighted by Gasteiger charge is -2.17. The number of para-hydroxylation sites is 1. The van der Waals surface area contributed by atoms with Gasteiger partial charge in [-0.3, -0.25) is 9.52 Å². The summed E-state index contributed by atoms with van der Waals surface area (Å²) in [6.07, 6.45) is 0. The van der Waals surface area contributed by atoms with Crippen LogP contribution in [-0.2, 0) is 14.8 Å². The van der Waals surface area contributed by atoms with Gasteiger partial charge in [-0.1, -0.05) is 30.3 Å². The van der Waals surface area contributed by atoms with Crippen molar-refractivity contribution in [1.82, 2.24) is 5.32 Å². The molecule has 0 bridgehead atoms. The highest BCUT2D eigenvalue weighted by Gasteiger charge is 2.16. The molecule has 0 radical (unpaired) electrons. The minimum Gasteiger partial charge on any atom is -0.496 e. The van der Waals surface area contributed by atoms with E-state index in [9.17, 15) is 13.2 Å². The normalized spacial score (nSPS) is 12.0. The number of hydrogen-bond donors (Lipinski definition) is 2. The van der Waals surface area contributed by atoms with Crippen LogP contribution >= 0.6 is 0 Å². The Labute approximate surface area is 188 Å². The van der Waals surface area contributed by atoms with Crippen molar-refractivity contribution >= 4 is 21.6 Å². The zero-order valence-electron chi connectivity index (χ0n) is 18.2. The van der Waals surface area contributed by atoms with Gasteiger partial charge in [0.1, 0.15) is 11.5 Å². The third-order valence-electron chi connectivity index (χ3n) is 4.76. The average molecular weight is 455 g/mol. The Morgan fingerprint density at radius 1 is 1.00 bits per heavy atom. The Morgan fingerprint density at radius 2 is 1.72 bits per heavy atom. The number of ether oxygens (including phenoxy) is 2. The topological polar surface area (TPSA) is 93.7 Å². The molecule has 3 aromatic rings. The van der Waals surface area contributed by atoms with Crippen LogP contribution in [0.4, 0.5) is 5.69 Å². The van der Waals surface area contributed by atoms with Crippen LogP contribution in [0.1, 0.15) is 24.1 Å². The molecule has 7 nitrogen and oxygen atoms in total. The fourth-order valence-electron chi connectivity index (χ4n) is 3.17. The number of benzene rings is 3. The van der Waals surface area contributed by atoms with Gasteiger partial charge >= 0.3 is 0 Å². The van der Waals surface area contributed by atoms with E-state index in [0.29, 0.717) is 17.2 Å². The van der Waals surface area contributed by atoms with E-state index in [1.807, 2.05) is 44.2 Å². The third kappa shape index (κ3) is 6.01. The summed E-state index contributed by atoms with van der Waals surface area (Å²) in [6.45, 7) is 3.54. The highest BCUT2D eigenvalue weighted by molar-refractivity contribution is 7.92. The number of amides is 1. The molecule has 1 amide bonds. The number of carbonyl (C=O) groups excluding carboxylic acids is 1. The summed E-state index contributed by atoms with van der Waals surface area (Å²) in [4.78, 5) is 12.4. The molecule has 0 aliphatic carbocycles. The first-order valence-electron chi connectivity index (χ1n) is 10.0. The van der Waals surface area contributed by atoms with Crippen molar-refractivity contribution in [3.8, 4) is 11.5 Å². The highest BCUT2D eigenvalue weighted by atomic mass is 32.2. The van der Waals surface area contributed by atoms with E-state index >= 15 is 0 Å². The smallest absolute Gasteiger partial charge is 0.261 e. The van der Waals surface area contributed by atoms with Gasteiger partial charge in [0, 0.05) is 11.3 Å². The lowest BCUT2D eigenvalue weighted by Crippen LogP contribution is -2.31. The van der Waals surface area contributed by atoms with Gasteiger partial charge in [0.2, 0.25) is 0 Å². The predicted octanol–water partition coefficient (Wildman–Crippen LogP) is 4.06. The predicted molar refractivity (Wildman–Crippen MR) is 123 cm³/mol. The Balaban J connectivity index is 1.57. The Kier molecular flexibility index (Phi) is 7.37. The van der Waals surface area contributed by atoms with Gasteiger partial charge < -0.3 is 14.8 Å². The first-order chi connectivity index (χ1) is 15.3.